The molecule has 6 nitrogen and oxygen atoms in total. The van der Waals surface area contributed by atoms with Crippen LogP contribution in [0, 0.1) is 11.8 Å². The zero-order chi connectivity index (χ0) is 14.5. The van der Waals surface area contributed by atoms with E-state index in [0.717, 1.165) is 31.5 Å². The molecule has 2 atom stereocenters. The summed E-state index contributed by atoms with van der Waals surface area (Å²) in [6, 6.07) is 0. The van der Waals surface area contributed by atoms with E-state index in [-0.39, 0.29) is 17.4 Å². The Bertz CT molecular complexity index is 455. The molecule has 2 heterocycles. The van der Waals surface area contributed by atoms with Gasteiger partial charge in [0.25, 0.3) is 5.91 Å². The number of rotatable bonds is 4. The maximum Gasteiger partial charge on any atom is 0.273 e. The molecule has 0 aromatic carbocycles. The van der Waals surface area contributed by atoms with Gasteiger partial charge in [0.2, 0.25) is 0 Å². The van der Waals surface area contributed by atoms with Crippen molar-refractivity contribution in [3.8, 4) is 0 Å². The summed E-state index contributed by atoms with van der Waals surface area (Å²) in [6.45, 7) is 8.23. The quantitative estimate of drug-likeness (QED) is 0.849. The van der Waals surface area contributed by atoms with E-state index in [2.05, 4.69) is 34.0 Å². The monoisotopic (exact) mass is 277 g/mol. The second kappa shape index (κ2) is 6.65. The van der Waals surface area contributed by atoms with Crippen LogP contribution in [0.5, 0.6) is 0 Å². The van der Waals surface area contributed by atoms with E-state index in [4.69, 9.17) is 5.73 Å². The summed E-state index contributed by atoms with van der Waals surface area (Å²) >= 11 is 0. The number of nitrogens with one attached hydrogen (secondary N) is 1. The van der Waals surface area contributed by atoms with Crippen LogP contribution < -0.4 is 11.1 Å². The molecule has 0 aliphatic carbocycles. The van der Waals surface area contributed by atoms with Crippen molar-refractivity contribution in [2.24, 2.45) is 11.8 Å². The third-order valence-corrected chi connectivity index (χ3v) is 3.60. The Hall–Kier alpha value is -1.69. The van der Waals surface area contributed by atoms with Gasteiger partial charge in [-0.25, -0.2) is 9.97 Å². The standard InChI is InChI=1S/C14H23N5O/c1-10-7-11(2)9-19(8-10)6-5-18-14(20)12-13(15)17-4-3-16-12/h3-4,10-11H,5-9H2,1-2H3,(H2,15,17)(H,18,20)/t10-,11-/m0/s1. The summed E-state index contributed by atoms with van der Waals surface area (Å²) in [5.41, 5.74) is 5.83. The molecule has 0 bridgehead atoms. The molecule has 1 fully saturated rings. The second-order valence-electron chi connectivity index (χ2n) is 5.75. The van der Waals surface area contributed by atoms with E-state index >= 15 is 0 Å². The highest BCUT2D eigenvalue weighted by atomic mass is 16.1. The number of hydrogen-bond acceptors (Lipinski definition) is 5. The van der Waals surface area contributed by atoms with Crippen LogP contribution in [0.1, 0.15) is 30.8 Å². The number of nitrogens with zero attached hydrogens (tertiary/aromatic N) is 3. The summed E-state index contributed by atoms with van der Waals surface area (Å²) in [5.74, 6) is 1.37. The van der Waals surface area contributed by atoms with Crippen molar-refractivity contribution in [3.63, 3.8) is 0 Å². The average Bonchev–Trinajstić information content (AvgIpc) is 2.38. The molecule has 6 heteroatoms. The Labute approximate surface area is 119 Å². The molecule has 1 aliphatic rings. The minimum Gasteiger partial charge on any atom is -0.382 e. The summed E-state index contributed by atoms with van der Waals surface area (Å²) < 4.78 is 0. The van der Waals surface area contributed by atoms with E-state index in [0.29, 0.717) is 6.54 Å². The van der Waals surface area contributed by atoms with Gasteiger partial charge in [0.15, 0.2) is 11.5 Å². The van der Waals surface area contributed by atoms with E-state index in [1.807, 2.05) is 0 Å². The minimum absolute atomic E-state index is 0.171. The zero-order valence-corrected chi connectivity index (χ0v) is 12.2. The molecule has 1 aliphatic heterocycles. The summed E-state index contributed by atoms with van der Waals surface area (Å²) in [7, 11) is 0. The Morgan fingerprint density at radius 1 is 1.35 bits per heavy atom. The van der Waals surface area contributed by atoms with Crippen LogP contribution in [0.2, 0.25) is 0 Å². The Morgan fingerprint density at radius 3 is 2.65 bits per heavy atom. The van der Waals surface area contributed by atoms with E-state index < -0.39 is 0 Å². The van der Waals surface area contributed by atoms with Crippen molar-refractivity contribution in [2.75, 3.05) is 31.9 Å². The van der Waals surface area contributed by atoms with Gasteiger partial charge in [0, 0.05) is 38.6 Å². The molecule has 1 aromatic rings. The first-order chi connectivity index (χ1) is 9.56. The number of carbonyl (C=O) groups is 1. The SMILES string of the molecule is C[C@H]1C[C@H](C)CN(CCNC(=O)c2nccnc2N)C1. The van der Waals surface area contributed by atoms with Gasteiger partial charge in [-0.3, -0.25) is 4.79 Å². The van der Waals surface area contributed by atoms with Crippen molar-refractivity contribution in [1.29, 1.82) is 0 Å². The van der Waals surface area contributed by atoms with Crippen LogP contribution in [0.25, 0.3) is 0 Å². The first kappa shape index (κ1) is 14.7. The number of hydrogen-bond donors (Lipinski definition) is 2. The van der Waals surface area contributed by atoms with Crippen LogP contribution in [-0.2, 0) is 0 Å². The molecule has 110 valence electrons. The zero-order valence-electron chi connectivity index (χ0n) is 12.2. The van der Waals surface area contributed by atoms with Crippen molar-refractivity contribution in [1.82, 2.24) is 20.2 Å². The predicted octanol–water partition coefficient (Wildman–Crippen LogP) is 0.767. The van der Waals surface area contributed by atoms with Gasteiger partial charge in [0.1, 0.15) is 0 Å². The lowest BCUT2D eigenvalue weighted by Gasteiger charge is -2.34. The molecule has 1 aromatic heterocycles. The van der Waals surface area contributed by atoms with Crippen molar-refractivity contribution in [2.45, 2.75) is 20.3 Å². The molecule has 3 N–H and O–H groups in total. The molecular weight excluding hydrogens is 254 g/mol. The third-order valence-electron chi connectivity index (χ3n) is 3.60. The molecular formula is C14H23N5O. The number of aromatic nitrogens is 2. The van der Waals surface area contributed by atoms with Crippen LogP contribution in [0.15, 0.2) is 12.4 Å². The number of amides is 1. The highest BCUT2D eigenvalue weighted by Gasteiger charge is 2.21. The van der Waals surface area contributed by atoms with Crippen LogP contribution in [0.4, 0.5) is 5.82 Å². The lowest BCUT2D eigenvalue weighted by molar-refractivity contribution is 0.0932. The number of likely N-dealkylation sites (tertiary alicyclic amines) is 1. The Balaban J connectivity index is 1.78. The Kier molecular flexibility index (Phi) is 4.89. The second-order valence-corrected chi connectivity index (χ2v) is 5.75. The van der Waals surface area contributed by atoms with E-state index in [1.54, 1.807) is 0 Å². The smallest absolute Gasteiger partial charge is 0.273 e. The fraction of sp³-hybridized carbons (Fsp3) is 0.643. The van der Waals surface area contributed by atoms with Crippen LogP contribution in [-0.4, -0.2) is 47.0 Å². The minimum atomic E-state index is -0.256. The summed E-state index contributed by atoms with van der Waals surface area (Å²) in [5, 5.41) is 2.85. The molecule has 2 rings (SSSR count). The molecule has 0 radical (unpaired) electrons. The van der Waals surface area contributed by atoms with Gasteiger partial charge >= 0.3 is 0 Å². The molecule has 20 heavy (non-hydrogen) atoms. The molecule has 1 amide bonds. The fourth-order valence-electron chi connectivity index (χ4n) is 2.91. The largest absolute Gasteiger partial charge is 0.382 e. The first-order valence-corrected chi connectivity index (χ1v) is 7.13. The highest BCUT2D eigenvalue weighted by Crippen LogP contribution is 2.20. The van der Waals surface area contributed by atoms with Gasteiger partial charge in [-0.05, 0) is 18.3 Å². The topological polar surface area (TPSA) is 84.1 Å². The third kappa shape index (κ3) is 3.90. The number of nitrogen functional groups attached to an aromatic ring is 1. The van der Waals surface area contributed by atoms with Gasteiger partial charge in [-0.2, -0.15) is 0 Å². The normalized spacial score (nSPS) is 23.5. The molecule has 0 saturated carbocycles. The average molecular weight is 277 g/mol. The van der Waals surface area contributed by atoms with Crippen molar-refractivity contribution in [3.05, 3.63) is 18.1 Å². The first-order valence-electron chi connectivity index (χ1n) is 7.13. The van der Waals surface area contributed by atoms with Crippen LogP contribution >= 0.6 is 0 Å². The van der Waals surface area contributed by atoms with Crippen molar-refractivity contribution >= 4 is 11.7 Å². The number of anilines is 1. The number of piperidine rings is 1. The van der Waals surface area contributed by atoms with Crippen molar-refractivity contribution < 1.29 is 4.79 Å². The lowest BCUT2D eigenvalue weighted by Crippen LogP contribution is -2.43. The maximum absolute atomic E-state index is 11.9. The van der Waals surface area contributed by atoms with Crippen LogP contribution in [0.3, 0.4) is 0 Å². The molecule has 0 spiro atoms. The van der Waals surface area contributed by atoms with E-state index in [1.165, 1.54) is 18.8 Å². The van der Waals surface area contributed by atoms with Gasteiger partial charge in [0.05, 0.1) is 0 Å². The number of carbonyl (C=O) groups excluding carboxylic acids is 1. The highest BCUT2D eigenvalue weighted by molar-refractivity contribution is 5.96. The van der Waals surface area contributed by atoms with Gasteiger partial charge < -0.3 is 16.0 Å². The van der Waals surface area contributed by atoms with Gasteiger partial charge in [-0.15, -0.1) is 0 Å². The maximum atomic E-state index is 11.9. The predicted molar refractivity (Wildman–Crippen MR) is 78.2 cm³/mol. The Morgan fingerprint density at radius 2 is 2.00 bits per heavy atom. The number of nitrogens with two attached hydrogens (primary N) is 1. The molecule has 1 saturated heterocycles. The summed E-state index contributed by atoms with van der Waals surface area (Å²) in [4.78, 5) is 22.1. The van der Waals surface area contributed by atoms with Gasteiger partial charge in [-0.1, -0.05) is 13.8 Å². The lowest BCUT2D eigenvalue weighted by atomic mass is 9.92. The van der Waals surface area contributed by atoms with E-state index in [9.17, 15) is 4.79 Å². The fourth-order valence-corrected chi connectivity index (χ4v) is 2.91. The summed E-state index contributed by atoms with van der Waals surface area (Å²) in [6.07, 6.45) is 4.24. The molecule has 0 unspecified atom stereocenters.